The van der Waals surface area contributed by atoms with Gasteiger partial charge in [-0.3, -0.25) is 4.79 Å². The van der Waals surface area contributed by atoms with E-state index < -0.39 is 11.7 Å². The Balaban J connectivity index is 0.00000225. The molecule has 0 saturated carbocycles. The summed E-state index contributed by atoms with van der Waals surface area (Å²) in [5, 5.41) is 5.98. The summed E-state index contributed by atoms with van der Waals surface area (Å²) in [7, 11) is 0. The largest absolute Gasteiger partial charge is 0.416 e. The van der Waals surface area contributed by atoms with Crippen molar-refractivity contribution in [2.45, 2.75) is 37.4 Å². The molecular formula is C17H22ClF3N2O2. The number of piperidine rings is 1. The van der Waals surface area contributed by atoms with Gasteiger partial charge in [-0.2, -0.15) is 13.2 Å². The van der Waals surface area contributed by atoms with Gasteiger partial charge in [0, 0.05) is 12.2 Å². The van der Waals surface area contributed by atoms with Gasteiger partial charge in [-0.15, -0.1) is 12.4 Å². The van der Waals surface area contributed by atoms with Crippen molar-refractivity contribution in [3.8, 4) is 0 Å². The van der Waals surface area contributed by atoms with E-state index in [1.54, 1.807) is 0 Å². The first-order valence-corrected chi connectivity index (χ1v) is 8.25. The van der Waals surface area contributed by atoms with Crippen molar-refractivity contribution in [1.29, 1.82) is 0 Å². The van der Waals surface area contributed by atoms with Gasteiger partial charge in [0.15, 0.2) is 0 Å². The predicted octanol–water partition coefficient (Wildman–Crippen LogP) is 3.11. The van der Waals surface area contributed by atoms with Gasteiger partial charge in [0.2, 0.25) is 0 Å². The van der Waals surface area contributed by atoms with Crippen LogP contribution in [-0.2, 0) is 10.9 Å². The lowest BCUT2D eigenvalue weighted by Gasteiger charge is -2.26. The fraction of sp³-hybridized carbons (Fsp3) is 0.588. The molecule has 1 atom stereocenters. The van der Waals surface area contributed by atoms with Crippen LogP contribution in [0.2, 0.25) is 0 Å². The highest BCUT2D eigenvalue weighted by molar-refractivity contribution is 5.94. The molecule has 0 aliphatic carbocycles. The average molecular weight is 379 g/mol. The molecule has 25 heavy (non-hydrogen) atoms. The van der Waals surface area contributed by atoms with E-state index in [0.717, 1.165) is 12.5 Å². The van der Waals surface area contributed by atoms with Crippen molar-refractivity contribution in [2.24, 2.45) is 0 Å². The summed E-state index contributed by atoms with van der Waals surface area (Å²) in [5.74, 6) is -0.514. The molecule has 1 aromatic rings. The fourth-order valence-electron chi connectivity index (χ4n) is 3.35. The normalized spacial score (nSPS) is 21.6. The lowest BCUT2D eigenvalue weighted by Crippen LogP contribution is -2.35. The Hall–Kier alpha value is -1.31. The topological polar surface area (TPSA) is 50.4 Å². The van der Waals surface area contributed by atoms with E-state index in [1.165, 1.54) is 12.1 Å². The van der Waals surface area contributed by atoms with Gasteiger partial charge in [0.25, 0.3) is 5.91 Å². The summed E-state index contributed by atoms with van der Waals surface area (Å²) in [6.45, 7) is 2.43. The zero-order valence-electron chi connectivity index (χ0n) is 13.7. The van der Waals surface area contributed by atoms with Crippen LogP contribution in [0.4, 0.5) is 13.2 Å². The van der Waals surface area contributed by atoms with E-state index in [4.69, 9.17) is 4.74 Å². The zero-order chi connectivity index (χ0) is 17.2. The van der Waals surface area contributed by atoms with Crippen molar-refractivity contribution < 1.29 is 22.7 Å². The number of amides is 1. The summed E-state index contributed by atoms with van der Waals surface area (Å²) in [6, 6.07) is 3.65. The Morgan fingerprint density at radius 1 is 1.20 bits per heavy atom. The molecule has 2 aliphatic heterocycles. The van der Waals surface area contributed by atoms with Crippen molar-refractivity contribution >= 4 is 18.3 Å². The third kappa shape index (κ3) is 4.86. The monoisotopic (exact) mass is 378 g/mol. The van der Waals surface area contributed by atoms with Crippen molar-refractivity contribution in [1.82, 2.24) is 10.6 Å². The van der Waals surface area contributed by atoms with E-state index >= 15 is 0 Å². The van der Waals surface area contributed by atoms with Crippen molar-refractivity contribution in [2.75, 3.05) is 26.3 Å². The number of halogens is 4. The third-order valence-electron chi connectivity index (χ3n) is 4.66. The highest BCUT2D eigenvalue weighted by Gasteiger charge is 2.36. The average Bonchev–Trinajstić information content (AvgIpc) is 3.07. The molecule has 1 amide bonds. The van der Waals surface area contributed by atoms with Crippen LogP contribution in [0.5, 0.6) is 0 Å². The second-order valence-electron chi connectivity index (χ2n) is 6.36. The Labute approximate surface area is 150 Å². The first-order valence-electron chi connectivity index (χ1n) is 8.25. The zero-order valence-corrected chi connectivity index (χ0v) is 14.5. The van der Waals surface area contributed by atoms with Crippen molar-refractivity contribution in [3.63, 3.8) is 0 Å². The van der Waals surface area contributed by atoms with Gasteiger partial charge >= 0.3 is 6.18 Å². The molecule has 2 saturated heterocycles. The van der Waals surface area contributed by atoms with Crippen LogP contribution < -0.4 is 10.6 Å². The second kappa shape index (κ2) is 8.38. The number of benzene rings is 1. The summed E-state index contributed by atoms with van der Waals surface area (Å²) in [4.78, 5) is 12.3. The molecule has 1 unspecified atom stereocenters. The molecule has 0 spiro atoms. The predicted molar refractivity (Wildman–Crippen MR) is 90.2 cm³/mol. The molecule has 1 aromatic carbocycles. The Bertz CT molecular complexity index is 598. The summed E-state index contributed by atoms with van der Waals surface area (Å²) in [6.07, 6.45) is -2.39. The quantitative estimate of drug-likeness (QED) is 0.849. The first kappa shape index (κ1) is 20.0. The molecule has 2 fully saturated rings. The molecule has 0 radical (unpaired) electrons. The van der Waals surface area contributed by atoms with E-state index in [1.807, 2.05) is 0 Å². The molecule has 4 nitrogen and oxygen atoms in total. The number of carbonyl (C=O) groups excluding carboxylic acids is 1. The Morgan fingerprint density at radius 2 is 1.92 bits per heavy atom. The second-order valence-corrected chi connectivity index (χ2v) is 6.36. The maximum atomic E-state index is 13.3. The van der Waals surface area contributed by atoms with Crippen LogP contribution in [0, 0.1) is 0 Å². The van der Waals surface area contributed by atoms with Crippen LogP contribution in [-0.4, -0.2) is 38.3 Å². The molecule has 2 aliphatic rings. The van der Waals surface area contributed by atoms with Crippen LogP contribution in [0.25, 0.3) is 0 Å². The Kier molecular flexibility index (Phi) is 6.71. The van der Waals surface area contributed by atoms with E-state index in [-0.39, 0.29) is 41.4 Å². The number of hydrogen-bond donors (Lipinski definition) is 2. The standard InChI is InChI=1S/C17H21F3N2O2.ClH/c18-17(19,20)15-2-1-12(16(23)22-13-5-8-24-10-13)9-14(15)11-3-6-21-7-4-11;/h1-2,9,11,13,21H,3-8,10H2,(H,22,23);1H. The van der Waals surface area contributed by atoms with Gasteiger partial charge < -0.3 is 15.4 Å². The maximum absolute atomic E-state index is 13.3. The van der Waals surface area contributed by atoms with E-state index in [0.29, 0.717) is 39.1 Å². The van der Waals surface area contributed by atoms with Crippen LogP contribution in [0.1, 0.15) is 46.7 Å². The molecule has 8 heteroatoms. The van der Waals surface area contributed by atoms with Gasteiger partial charge in [-0.1, -0.05) is 0 Å². The number of nitrogens with one attached hydrogen (secondary N) is 2. The van der Waals surface area contributed by atoms with Crippen molar-refractivity contribution in [3.05, 3.63) is 34.9 Å². The number of hydrogen-bond acceptors (Lipinski definition) is 3. The molecule has 140 valence electrons. The molecule has 2 heterocycles. The smallest absolute Gasteiger partial charge is 0.379 e. The summed E-state index contributed by atoms with van der Waals surface area (Å²) < 4.78 is 45.2. The van der Waals surface area contributed by atoms with Gasteiger partial charge in [-0.25, -0.2) is 0 Å². The fourth-order valence-corrected chi connectivity index (χ4v) is 3.35. The molecule has 3 rings (SSSR count). The minimum Gasteiger partial charge on any atom is -0.379 e. The lowest BCUT2D eigenvalue weighted by atomic mass is 9.85. The molecule has 2 N–H and O–H groups in total. The number of alkyl halides is 3. The van der Waals surface area contributed by atoms with Crippen LogP contribution in [0.3, 0.4) is 0 Å². The summed E-state index contributed by atoms with van der Waals surface area (Å²) >= 11 is 0. The van der Waals surface area contributed by atoms with E-state index in [9.17, 15) is 18.0 Å². The van der Waals surface area contributed by atoms with Gasteiger partial charge in [0.05, 0.1) is 18.2 Å². The number of rotatable bonds is 3. The minimum atomic E-state index is -4.41. The highest BCUT2D eigenvalue weighted by Crippen LogP contribution is 2.38. The van der Waals surface area contributed by atoms with Gasteiger partial charge in [0.1, 0.15) is 0 Å². The van der Waals surface area contributed by atoms with E-state index in [2.05, 4.69) is 10.6 Å². The SMILES string of the molecule is Cl.O=C(NC1CCOC1)c1ccc(C(F)(F)F)c(C2CCNCC2)c1. The number of carbonyl (C=O) groups is 1. The highest BCUT2D eigenvalue weighted by atomic mass is 35.5. The maximum Gasteiger partial charge on any atom is 0.416 e. The molecule has 0 aromatic heterocycles. The summed E-state index contributed by atoms with van der Waals surface area (Å²) in [5.41, 5.74) is -0.113. The number of ether oxygens (including phenoxy) is 1. The third-order valence-corrected chi connectivity index (χ3v) is 4.66. The minimum absolute atomic E-state index is 0. The lowest BCUT2D eigenvalue weighted by molar-refractivity contribution is -0.138. The first-order chi connectivity index (χ1) is 11.4. The van der Waals surface area contributed by atoms with Crippen LogP contribution in [0.15, 0.2) is 18.2 Å². The van der Waals surface area contributed by atoms with Crippen LogP contribution >= 0.6 is 12.4 Å². The molecular weight excluding hydrogens is 357 g/mol. The molecule has 0 bridgehead atoms. The Morgan fingerprint density at radius 3 is 2.52 bits per heavy atom. The van der Waals surface area contributed by atoms with Gasteiger partial charge in [-0.05, 0) is 62.0 Å².